The van der Waals surface area contributed by atoms with E-state index in [2.05, 4.69) is 0 Å². The van der Waals surface area contributed by atoms with Crippen LogP contribution in [0.1, 0.15) is 16.1 Å². The Kier molecular flexibility index (Phi) is 3.65. The van der Waals surface area contributed by atoms with Crippen molar-refractivity contribution in [3.63, 3.8) is 0 Å². The van der Waals surface area contributed by atoms with Crippen molar-refractivity contribution in [1.29, 1.82) is 0 Å². The number of hydrogen-bond acceptors (Lipinski definition) is 5. The van der Waals surface area contributed by atoms with Gasteiger partial charge in [0.25, 0.3) is 0 Å². The molecule has 1 aromatic heterocycles. The molecule has 104 valence electrons. The van der Waals surface area contributed by atoms with E-state index in [0.717, 1.165) is 18.4 Å². The highest BCUT2D eigenvalue weighted by Crippen LogP contribution is 2.23. The van der Waals surface area contributed by atoms with Crippen molar-refractivity contribution in [3.05, 3.63) is 57.8 Å². The maximum absolute atomic E-state index is 13.3. The van der Waals surface area contributed by atoms with E-state index in [4.69, 9.17) is 14.3 Å². The van der Waals surface area contributed by atoms with E-state index >= 15 is 0 Å². The molecule has 7 nitrogen and oxygen atoms in total. The number of carboxylic acids is 1. The average molecular weight is 281 g/mol. The van der Waals surface area contributed by atoms with Crippen molar-refractivity contribution in [3.8, 4) is 5.75 Å². The molecule has 20 heavy (non-hydrogen) atoms. The van der Waals surface area contributed by atoms with Crippen LogP contribution in [0.25, 0.3) is 0 Å². The number of nitro benzene ring substituents is 1. The van der Waals surface area contributed by atoms with Gasteiger partial charge in [0.2, 0.25) is 5.82 Å². The predicted molar refractivity (Wildman–Crippen MR) is 63.1 cm³/mol. The van der Waals surface area contributed by atoms with Crippen LogP contribution in [0.4, 0.5) is 10.1 Å². The summed E-state index contributed by atoms with van der Waals surface area (Å²) in [7, 11) is 0. The average Bonchev–Trinajstić information content (AvgIpc) is 2.85. The molecule has 0 amide bonds. The topological polar surface area (TPSA) is 103 Å². The standard InChI is InChI=1S/C12H8FNO6/c13-10-4-8(1-2-11(10)14(17)18)20-6-9-3-7(5-19-9)12(15)16/h1-5H,6H2,(H,15,16). The van der Waals surface area contributed by atoms with Gasteiger partial charge in [-0.3, -0.25) is 10.1 Å². The Morgan fingerprint density at radius 2 is 2.20 bits per heavy atom. The first-order chi connectivity index (χ1) is 9.47. The molecule has 0 bridgehead atoms. The SMILES string of the molecule is O=C(O)c1coc(COc2ccc([N+](=O)[O-])c(F)c2)c1. The van der Waals surface area contributed by atoms with Crippen molar-refractivity contribution < 1.29 is 28.4 Å². The Morgan fingerprint density at radius 1 is 1.45 bits per heavy atom. The summed E-state index contributed by atoms with van der Waals surface area (Å²) in [5.74, 6) is -1.85. The fourth-order valence-corrected chi connectivity index (χ4v) is 1.45. The Morgan fingerprint density at radius 3 is 2.75 bits per heavy atom. The summed E-state index contributed by atoms with van der Waals surface area (Å²) in [5, 5.41) is 19.1. The molecule has 0 aliphatic heterocycles. The van der Waals surface area contributed by atoms with Crippen LogP contribution in [0.2, 0.25) is 0 Å². The Labute approximate surface area is 111 Å². The normalized spacial score (nSPS) is 10.2. The second-order valence-electron chi connectivity index (χ2n) is 3.77. The van der Waals surface area contributed by atoms with Crippen LogP contribution in [-0.4, -0.2) is 16.0 Å². The van der Waals surface area contributed by atoms with E-state index in [-0.39, 0.29) is 23.7 Å². The molecule has 1 N–H and O–H groups in total. The third kappa shape index (κ3) is 2.91. The van der Waals surface area contributed by atoms with Crippen LogP contribution in [0.3, 0.4) is 0 Å². The van der Waals surface area contributed by atoms with Crippen LogP contribution >= 0.6 is 0 Å². The zero-order valence-electron chi connectivity index (χ0n) is 9.91. The fraction of sp³-hybridized carbons (Fsp3) is 0.0833. The Hall–Kier alpha value is -2.90. The minimum atomic E-state index is -1.14. The first kappa shape index (κ1) is 13.5. The molecule has 0 aliphatic carbocycles. The lowest BCUT2D eigenvalue weighted by Crippen LogP contribution is -1.97. The van der Waals surface area contributed by atoms with Gasteiger partial charge < -0.3 is 14.3 Å². The van der Waals surface area contributed by atoms with Crippen LogP contribution in [0.5, 0.6) is 5.75 Å². The van der Waals surface area contributed by atoms with Crippen molar-refractivity contribution in [2.75, 3.05) is 0 Å². The number of benzene rings is 1. The van der Waals surface area contributed by atoms with E-state index < -0.39 is 22.4 Å². The zero-order valence-corrected chi connectivity index (χ0v) is 9.91. The molecule has 0 fully saturated rings. The molecule has 0 saturated carbocycles. The van der Waals surface area contributed by atoms with Gasteiger partial charge in [0.1, 0.15) is 24.4 Å². The van der Waals surface area contributed by atoms with Gasteiger partial charge >= 0.3 is 11.7 Å². The summed E-state index contributed by atoms with van der Waals surface area (Å²) in [5.41, 5.74) is -0.679. The fourth-order valence-electron chi connectivity index (χ4n) is 1.45. The van der Waals surface area contributed by atoms with Crippen LogP contribution in [0.15, 0.2) is 34.9 Å². The van der Waals surface area contributed by atoms with E-state index in [0.29, 0.717) is 0 Å². The Balaban J connectivity index is 2.05. The van der Waals surface area contributed by atoms with Crippen molar-refractivity contribution >= 4 is 11.7 Å². The molecule has 0 atom stereocenters. The molecular weight excluding hydrogens is 273 g/mol. The number of carbonyl (C=O) groups is 1. The van der Waals surface area contributed by atoms with Gasteiger partial charge in [0.15, 0.2) is 0 Å². The number of nitro groups is 1. The number of rotatable bonds is 5. The molecule has 2 rings (SSSR count). The second kappa shape index (κ2) is 5.39. The molecule has 0 radical (unpaired) electrons. The number of aromatic carboxylic acids is 1. The van der Waals surface area contributed by atoms with Crippen LogP contribution in [-0.2, 0) is 6.61 Å². The quantitative estimate of drug-likeness (QED) is 0.667. The maximum atomic E-state index is 13.3. The lowest BCUT2D eigenvalue weighted by molar-refractivity contribution is -0.387. The number of hydrogen-bond donors (Lipinski definition) is 1. The second-order valence-corrected chi connectivity index (χ2v) is 3.77. The molecule has 2 aromatic rings. The number of carboxylic acid groups (broad SMARTS) is 1. The lowest BCUT2D eigenvalue weighted by Gasteiger charge is -2.03. The van der Waals surface area contributed by atoms with Gasteiger partial charge in [-0.05, 0) is 12.1 Å². The first-order valence-electron chi connectivity index (χ1n) is 5.35. The number of furan rings is 1. The minimum Gasteiger partial charge on any atom is -0.486 e. The maximum Gasteiger partial charge on any atom is 0.338 e. The highest BCUT2D eigenvalue weighted by molar-refractivity contribution is 5.87. The highest BCUT2D eigenvalue weighted by Gasteiger charge is 2.15. The van der Waals surface area contributed by atoms with Gasteiger partial charge in [-0.15, -0.1) is 0 Å². The molecule has 0 unspecified atom stereocenters. The minimum absolute atomic E-state index is 0.0292. The summed E-state index contributed by atoms with van der Waals surface area (Å²) in [6, 6.07) is 4.36. The molecule has 1 heterocycles. The van der Waals surface area contributed by atoms with Crippen molar-refractivity contribution in [2.45, 2.75) is 6.61 Å². The third-order valence-electron chi connectivity index (χ3n) is 2.40. The number of ether oxygens (including phenoxy) is 1. The first-order valence-corrected chi connectivity index (χ1v) is 5.35. The van der Waals surface area contributed by atoms with Gasteiger partial charge in [0.05, 0.1) is 10.5 Å². The van der Waals surface area contributed by atoms with Crippen LogP contribution < -0.4 is 4.74 Å². The van der Waals surface area contributed by atoms with Gasteiger partial charge in [-0.1, -0.05) is 0 Å². The van der Waals surface area contributed by atoms with Crippen molar-refractivity contribution in [2.24, 2.45) is 0 Å². The van der Waals surface area contributed by atoms with Gasteiger partial charge in [0, 0.05) is 12.1 Å². The molecule has 1 aromatic carbocycles. The van der Waals surface area contributed by atoms with Crippen LogP contribution in [0, 0.1) is 15.9 Å². The van der Waals surface area contributed by atoms with E-state index in [1.165, 1.54) is 12.1 Å². The Bertz CT molecular complexity index is 666. The summed E-state index contributed by atoms with van der Waals surface area (Å²) in [6.07, 6.45) is 1.05. The molecular formula is C12H8FNO6. The zero-order chi connectivity index (χ0) is 14.7. The monoisotopic (exact) mass is 281 g/mol. The number of halogens is 1. The van der Waals surface area contributed by atoms with E-state index in [1.54, 1.807) is 0 Å². The van der Waals surface area contributed by atoms with Gasteiger partial charge in [-0.25, -0.2) is 4.79 Å². The molecule has 8 heteroatoms. The largest absolute Gasteiger partial charge is 0.486 e. The summed E-state index contributed by atoms with van der Waals surface area (Å²) < 4.78 is 23.4. The smallest absolute Gasteiger partial charge is 0.338 e. The lowest BCUT2D eigenvalue weighted by atomic mass is 10.3. The molecule has 0 spiro atoms. The summed E-state index contributed by atoms with van der Waals surface area (Å²) in [6.45, 7) is -0.121. The third-order valence-corrected chi connectivity index (χ3v) is 2.40. The van der Waals surface area contributed by atoms with Crippen molar-refractivity contribution in [1.82, 2.24) is 0 Å². The molecule has 0 saturated heterocycles. The highest BCUT2D eigenvalue weighted by atomic mass is 19.1. The predicted octanol–water partition coefficient (Wildman–Crippen LogP) is 2.60. The summed E-state index contributed by atoms with van der Waals surface area (Å²) in [4.78, 5) is 20.2. The summed E-state index contributed by atoms with van der Waals surface area (Å²) >= 11 is 0. The number of nitrogens with zero attached hydrogens (tertiary/aromatic N) is 1. The van der Waals surface area contributed by atoms with E-state index in [1.807, 2.05) is 0 Å². The van der Waals surface area contributed by atoms with Gasteiger partial charge in [-0.2, -0.15) is 4.39 Å². The molecule has 0 aliphatic rings. The van der Waals surface area contributed by atoms with E-state index in [9.17, 15) is 19.3 Å².